The van der Waals surface area contributed by atoms with Gasteiger partial charge in [-0.2, -0.15) is 0 Å². The third-order valence-electron chi connectivity index (χ3n) is 10.2. The molecule has 5 aliphatic rings. The lowest BCUT2D eigenvalue weighted by molar-refractivity contribution is -0.281. The summed E-state index contributed by atoms with van der Waals surface area (Å²) in [5.41, 5.74) is -0.587. The molecule has 0 aromatic heterocycles. The molecule has 8 heteroatoms. The summed E-state index contributed by atoms with van der Waals surface area (Å²) in [6.07, 6.45) is 4.60. The number of esters is 3. The molecule has 9 atom stereocenters. The minimum Gasteiger partial charge on any atom is -0.462 e. The Morgan fingerprint density at radius 2 is 1.46 bits per heavy atom. The van der Waals surface area contributed by atoms with E-state index in [9.17, 15) is 14.4 Å². The normalized spacial score (nSPS) is 45.7. The molecule has 0 amide bonds. The van der Waals surface area contributed by atoms with Gasteiger partial charge < -0.3 is 23.7 Å². The molecule has 0 aromatic carbocycles. The van der Waals surface area contributed by atoms with Gasteiger partial charge >= 0.3 is 17.9 Å². The number of fused-ring (bicyclic) bond motifs is 5. The Morgan fingerprint density at radius 3 is 2.09 bits per heavy atom. The van der Waals surface area contributed by atoms with E-state index in [1.807, 2.05) is 0 Å². The maximum absolute atomic E-state index is 12.4. The fourth-order valence-electron chi connectivity index (χ4n) is 9.03. The van der Waals surface area contributed by atoms with Crippen molar-refractivity contribution in [2.24, 2.45) is 34.5 Å². The molecule has 196 valence electrons. The third kappa shape index (κ3) is 3.99. The van der Waals surface area contributed by atoms with Crippen LogP contribution in [0, 0.1) is 34.5 Å². The number of ether oxygens (including phenoxy) is 5. The van der Waals surface area contributed by atoms with Crippen LogP contribution in [0.2, 0.25) is 0 Å². The lowest BCUT2D eigenvalue weighted by Gasteiger charge is -2.65. The molecule has 1 aliphatic heterocycles. The largest absolute Gasteiger partial charge is 0.462 e. The zero-order valence-corrected chi connectivity index (χ0v) is 21.7. The topological polar surface area (TPSA) is 97.4 Å². The molecule has 1 spiro atoms. The van der Waals surface area contributed by atoms with Crippen molar-refractivity contribution in [2.45, 2.75) is 104 Å². The highest BCUT2D eigenvalue weighted by molar-refractivity contribution is 5.68. The fraction of sp³-hybridized carbons (Fsp3) is 0.889. The molecule has 4 saturated carbocycles. The van der Waals surface area contributed by atoms with Gasteiger partial charge in [0.15, 0.2) is 5.79 Å². The van der Waals surface area contributed by atoms with Gasteiger partial charge in [0.05, 0.1) is 13.2 Å². The van der Waals surface area contributed by atoms with Crippen molar-refractivity contribution in [3.63, 3.8) is 0 Å². The van der Waals surface area contributed by atoms with Crippen LogP contribution in [0.3, 0.4) is 0 Å². The van der Waals surface area contributed by atoms with Crippen molar-refractivity contribution < 1.29 is 38.1 Å². The van der Waals surface area contributed by atoms with E-state index in [4.69, 9.17) is 23.7 Å². The minimum atomic E-state index is -0.641. The van der Waals surface area contributed by atoms with Gasteiger partial charge in [-0.25, -0.2) is 0 Å². The van der Waals surface area contributed by atoms with Crippen molar-refractivity contribution in [3.05, 3.63) is 0 Å². The first-order valence-electron chi connectivity index (χ1n) is 13.3. The second-order valence-electron chi connectivity index (χ2n) is 12.1. The number of hydrogen-bond donors (Lipinski definition) is 0. The molecule has 0 bridgehead atoms. The van der Waals surface area contributed by atoms with Crippen LogP contribution in [0.5, 0.6) is 0 Å². The number of carbonyl (C=O) groups excluding carboxylic acids is 3. The van der Waals surface area contributed by atoms with E-state index in [2.05, 4.69) is 13.8 Å². The van der Waals surface area contributed by atoms with Crippen molar-refractivity contribution in [2.75, 3.05) is 13.2 Å². The smallest absolute Gasteiger partial charge is 0.303 e. The standard InChI is InChI=1S/C27H40O8/c1-15(28)33-21-13-18-19-7-6-8-26(19,5)24(35-17(3)30)23(34-16(2)29)22(18)25(4)9-10-27(14-20(21)25)31-11-12-32-27/h18-24H,6-14H2,1-5H3/t18-,19-,20-,21+,22+,23+,24-,25+,26+/m1/s1. The Hall–Kier alpha value is -1.67. The van der Waals surface area contributed by atoms with E-state index in [1.165, 1.54) is 20.8 Å². The van der Waals surface area contributed by atoms with Crippen LogP contribution in [0.25, 0.3) is 0 Å². The highest BCUT2D eigenvalue weighted by Crippen LogP contribution is 2.68. The second-order valence-corrected chi connectivity index (χ2v) is 12.1. The Bertz CT molecular complexity index is 880. The zero-order chi connectivity index (χ0) is 25.2. The Kier molecular flexibility index (Phi) is 6.23. The van der Waals surface area contributed by atoms with Crippen LogP contribution in [-0.2, 0) is 38.1 Å². The van der Waals surface area contributed by atoms with Crippen molar-refractivity contribution >= 4 is 17.9 Å². The summed E-state index contributed by atoms with van der Waals surface area (Å²) in [5, 5.41) is 0. The Balaban J connectivity index is 1.60. The zero-order valence-electron chi connectivity index (χ0n) is 21.7. The number of hydrogen-bond acceptors (Lipinski definition) is 8. The third-order valence-corrected chi connectivity index (χ3v) is 10.2. The molecule has 35 heavy (non-hydrogen) atoms. The van der Waals surface area contributed by atoms with E-state index in [0.717, 1.165) is 32.1 Å². The molecule has 4 aliphatic carbocycles. The Morgan fingerprint density at radius 1 is 0.800 bits per heavy atom. The van der Waals surface area contributed by atoms with Gasteiger partial charge in [0.25, 0.3) is 0 Å². The van der Waals surface area contributed by atoms with E-state index in [0.29, 0.717) is 32.0 Å². The second kappa shape index (κ2) is 8.72. The Labute approximate surface area is 207 Å². The molecule has 0 unspecified atom stereocenters. The van der Waals surface area contributed by atoms with Gasteiger partial charge in [-0.15, -0.1) is 0 Å². The summed E-state index contributed by atoms with van der Waals surface area (Å²) in [6, 6.07) is 0. The summed E-state index contributed by atoms with van der Waals surface area (Å²) in [5.74, 6) is -1.14. The summed E-state index contributed by atoms with van der Waals surface area (Å²) in [7, 11) is 0. The SMILES string of the molecule is CC(=O)O[C@H]1[C@@H]2[C@H](C[C@H](OC(C)=O)[C@H]3CC4(CC[C@]23C)OCCO4)[C@H]2CCC[C@]2(C)[C@@H]1OC(C)=O. The van der Waals surface area contributed by atoms with Crippen LogP contribution >= 0.6 is 0 Å². The quantitative estimate of drug-likeness (QED) is 0.434. The first-order valence-corrected chi connectivity index (χ1v) is 13.3. The lowest BCUT2D eigenvalue weighted by Crippen LogP contribution is -2.68. The van der Waals surface area contributed by atoms with Crippen molar-refractivity contribution in [1.82, 2.24) is 0 Å². The molecule has 0 radical (unpaired) electrons. The average Bonchev–Trinajstić information content (AvgIpc) is 3.38. The highest BCUT2D eigenvalue weighted by Gasteiger charge is 2.70. The van der Waals surface area contributed by atoms with Crippen LogP contribution < -0.4 is 0 Å². The maximum atomic E-state index is 12.4. The first-order chi connectivity index (χ1) is 16.5. The van der Waals surface area contributed by atoms with Crippen LogP contribution in [0.15, 0.2) is 0 Å². The molecular formula is C27H40O8. The van der Waals surface area contributed by atoms with Gasteiger partial charge in [0.2, 0.25) is 0 Å². The van der Waals surface area contributed by atoms with E-state index in [1.54, 1.807) is 0 Å². The molecule has 5 fully saturated rings. The van der Waals surface area contributed by atoms with E-state index < -0.39 is 18.0 Å². The average molecular weight is 493 g/mol. The predicted octanol–water partition coefficient (Wildman–Crippen LogP) is 3.79. The summed E-state index contributed by atoms with van der Waals surface area (Å²) in [6.45, 7) is 9.93. The molecule has 1 heterocycles. The molecule has 5 rings (SSSR count). The van der Waals surface area contributed by atoms with Gasteiger partial charge in [0.1, 0.15) is 18.3 Å². The predicted molar refractivity (Wildman–Crippen MR) is 124 cm³/mol. The molecule has 8 nitrogen and oxygen atoms in total. The van der Waals surface area contributed by atoms with Gasteiger partial charge in [-0.1, -0.05) is 20.3 Å². The maximum Gasteiger partial charge on any atom is 0.303 e. The fourth-order valence-corrected chi connectivity index (χ4v) is 9.03. The number of carbonyl (C=O) groups is 3. The molecular weight excluding hydrogens is 452 g/mol. The van der Waals surface area contributed by atoms with Gasteiger partial charge in [0, 0.05) is 50.9 Å². The minimum absolute atomic E-state index is 0.0116. The monoisotopic (exact) mass is 492 g/mol. The molecule has 0 N–H and O–H groups in total. The van der Waals surface area contributed by atoms with Crippen LogP contribution in [0.4, 0.5) is 0 Å². The van der Waals surface area contributed by atoms with Crippen molar-refractivity contribution in [3.8, 4) is 0 Å². The van der Waals surface area contributed by atoms with E-state index >= 15 is 0 Å². The summed E-state index contributed by atoms with van der Waals surface area (Å²) < 4.78 is 30.4. The summed E-state index contributed by atoms with van der Waals surface area (Å²) in [4.78, 5) is 36.9. The van der Waals surface area contributed by atoms with E-state index in [-0.39, 0.29) is 52.6 Å². The number of rotatable bonds is 3. The summed E-state index contributed by atoms with van der Waals surface area (Å²) >= 11 is 0. The lowest BCUT2D eigenvalue weighted by atomic mass is 9.43. The van der Waals surface area contributed by atoms with Gasteiger partial charge in [-0.3, -0.25) is 14.4 Å². The first kappa shape index (κ1) is 25.0. The van der Waals surface area contributed by atoms with Crippen LogP contribution in [-0.4, -0.2) is 55.2 Å². The van der Waals surface area contributed by atoms with Crippen LogP contribution in [0.1, 0.15) is 79.6 Å². The van der Waals surface area contributed by atoms with Crippen molar-refractivity contribution in [1.29, 1.82) is 0 Å². The molecule has 1 saturated heterocycles. The van der Waals surface area contributed by atoms with Gasteiger partial charge in [-0.05, 0) is 42.9 Å². The highest BCUT2D eigenvalue weighted by atomic mass is 16.7. The molecule has 0 aromatic rings.